The summed E-state index contributed by atoms with van der Waals surface area (Å²) in [5, 5.41) is 19.5. The fourth-order valence-electron chi connectivity index (χ4n) is 4.60. The van der Waals surface area contributed by atoms with Gasteiger partial charge in [0.1, 0.15) is 5.82 Å². The summed E-state index contributed by atoms with van der Waals surface area (Å²) in [6.07, 6.45) is 4.12. The quantitative estimate of drug-likeness (QED) is 0.728. The maximum absolute atomic E-state index is 10.5. The Morgan fingerprint density at radius 3 is 2.34 bits per heavy atom. The molecule has 1 aliphatic carbocycles. The smallest absolute Gasteiger partial charge is 0.166 e. The van der Waals surface area contributed by atoms with Crippen LogP contribution in [-0.2, 0) is 11.0 Å². The van der Waals surface area contributed by atoms with Gasteiger partial charge in [0.05, 0.1) is 17.6 Å². The zero-order valence-corrected chi connectivity index (χ0v) is 17.4. The number of pyridine rings is 1. The summed E-state index contributed by atoms with van der Waals surface area (Å²) in [7, 11) is 0. The molecule has 148 valence electrons. The average molecular weight is 386 g/mol. The predicted octanol–water partition coefficient (Wildman–Crippen LogP) is 4.28. The van der Waals surface area contributed by atoms with Crippen molar-refractivity contribution in [3.05, 3.63) is 70.7 Å². The Morgan fingerprint density at radius 2 is 1.76 bits per heavy atom. The Hall–Kier alpha value is -2.79. The molecular formula is C24H26N4O. The van der Waals surface area contributed by atoms with E-state index in [9.17, 15) is 5.11 Å². The van der Waals surface area contributed by atoms with Gasteiger partial charge in [0.25, 0.3) is 0 Å². The molecule has 1 aromatic carbocycles. The lowest BCUT2D eigenvalue weighted by Gasteiger charge is -2.19. The number of hydrogen-bond acceptors (Lipinski definition) is 4. The van der Waals surface area contributed by atoms with Crippen molar-refractivity contribution in [3.63, 3.8) is 0 Å². The van der Waals surface area contributed by atoms with E-state index in [1.54, 1.807) is 13.8 Å². The molecule has 3 heterocycles. The van der Waals surface area contributed by atoms with Crippen LogP contribution >= 0.6 is 0 Å². The van der Waals surface area contributed by atoms with Crippen LogP contribution in [0.3, 0.4) is 0 Å². The Balaban J connectivity index is 1.56. The molecule has 5 nitrogen and oxygen atoms in total. The molecule has 0 radical (unpaired) electrons. The number of aliphatic imine (C=N–C) groups is 1. The van der Waals surface area contributed by atoms with Crippen molar-refractivity contribution in [1.82, 2.24) is 14.6 Å². The summed E-state index contributed by atoms with van der Waals surface area (Å²) in [6, 6.07) is 12.8. The molecule has 3 aromatic rings. The molecule has 1 N–H and O–H groups in total. The van der Waals surface area contributed by atoms with E-state index in [0.717, 1.165) is 42.1 Å². The van der Waals surface area contributed by atoms with E-state index in [1.165, 1.54) is 22.3 Å². The Labute approximate surface area is 170 Å². The Bertz CT molecular complexity index is 1170. The molecule has 5 heteroatoms. The first-order chi connectivity index (χ1) is 13.8. The third-order valence-corrected chi connectivity index (χ3v) is 6.34. The summed E-state index contributed by atoms with van der Waals surface area (Å²) in [5.74, 6) is 0.959. The lowest BCUT2D eigenvalue weighted by Crippen LogP contribution is -2.18. The van der Waals surface area contributed by atoms with Crippen molar-refractivity contribution >= 4 is 16.9 Å². The van der Waals surface area contributed by atoms with E-state index in [4.69, 9.17) is 0 Å². The number of benzene rings is 1. The second-order valence-electron chi connectivity index (χ2n) is 8.91. The van der Waals surface area contributed by atoms with Gasteiger partial charge in [0.15, 0.2) is 5.65 Å². The minimum atomic E-state index is -0.961. The Morgan fingerprint density at radius 1 is 1.03 bits per heavy atom. The number of aliphatic hydroxyl groups is 1. The summed E-state index contributed by atoms with van der Waals surface area (Å²) >= 11 is 0. The van der Waals surface area contributed by atoms with Crippen LogP contribution in [-0.4, -0.2) is 32.0 Å². The van der Waals surface area contributed by atoms with E-state index < -0.39 is 5.60 Å². The predicted molar refractivity (Wildman–Crippen MR) is 115 cm³/mol. The molecule has 0 amide bonds. The van der Waals surface area contributed by atoms with Gasteiger partial charge in [0.2, 0.25) is 0 Å². The first-order valence-corrected chi connectivity index (χ1v) is 10.2. The largest absolute Gasteiger partial charge is 0.386 e. The van der Waals surface area contributed by atoms with Crippen molar-refractivity contribution in [2.45, 2.75) is 51.6 Å². The first kappa shape index (κ1) is 18.3. The van der Waals surface area contributed by atoms with Crippen LogP contribution in [0.4, 0.5) is 0 Å². The van der Waals surface area contributed by atoms with Gasteiger partial charge in [-0.15, -0.1) is 10.2 Å². The topological polar surface area (TPSA) is 62.8 Å². The number of fused-ring (bicyclic) bond motifs is 1. The van der Waals surface area contributed by atoms with Crippen molar-refractivity contribution in [2.24, 2.45) is 4.99 Å². The van der Waals surface area contributed by atoms with Crippen LogP contribution < -0.4 is 0 Å². The van der Waals surface area contributed by atoms with Gasteiger partial charge in [-0.3, -0.25) is 9.39 Å². The molecule has 29 heavy (non-hydrogen) atoms. The maximum Gasteiger partial charge on any atom is 0.166 e. The lowest BCUT2D eigenvalue weighted by molar-refractivity contribution is 0.0796. The molecule has 2 aromatic heterocycles. The van der Waals surface area contributed by atoms with Crippen molar-refractivity contribution in [1.29, 1.82) is 0 Å². The number of rotatable bonds is 4. The molecule has 1 saturated carbocycles. The summed E-state index contributed by atoms with van der Waals surface area (Å²) < 4.78 is 2.05. The van der Waals surface area contributed by atoms with Crippen molar-refractivity contribution < 1.29 is 5.11 Å². The molecule has 0 bridgehead atoms. The fraction of sp³-hybridized carbons (Fsp3) is 0.375. The highest BCUT2D eigenvalue weighted by Crippen LogP contribution is 2.53. The minimum Gasteiger partial charge on any atom is -0.386 e. The van der Waals surface area contributed by atoms with Crippen LogP contribution in [0.5, 0.6) is 0 Å². The van der Waals surface area contributed by atoms with Gasteiger partial charge in [-0.1, -0.05) is 30.3 Å². The van der Waals surface area contributed by atoms with Gasteiger partial charge in [-0.25, -0.2) is 0 Å². The highest BCUT2D eigenvalue weighted by Gasteiger charge is 2.50. The van der Waals surface area contributed by atoms with Crippen molar-refractivity contribution in [3.8, 4) is 0 Å². The van der Waals surface area contributed by atoms with Crippen LogP contribution in [0.25, 0.3) is 11.2 Å². The maximum atomic E-state index is 10.5. The first-order valence-electron chi connectivity index (χ1n) is 10.2. The zero-order valence-electron chi connectivity index (χ0n) is 17.4. The standard InChI is InChI=1S/C24H26N4O/c1-15-14-25-16(2)20(15)17-7-9-18(10-8-17)24(11-12-24)22-27-26-21-19(23(3,4)29)6-5-13-28(21)22/h5-10,13,29H,11-12,14H2,1-4H3. The van der Waals surface area contributed by atoms with Gasteiger partial charge in [-0.2, -0.15) is 0 Å². The van der Waals surface area contributed by atoms with Gasteiger partial charge < -0.3 is 5.11 Å². The molecule has 1 fully saturated rings. The molecule has 0 unspecified atom stereocenters. The summed E-state index contributed by atoms with van der Waals surface area (Å²) in [5.41, 5.74) is 6.71. The summed E-state index contributed by atoms with van der Waals surface area (Å²) in [6.45, 7) is 8.63. The van der Waals surface area contributed by atoms with Crippen LogP contribution in [0, 0.1) is 0 Å². The molecule has 5 rings (SSSR count). The number of aromatic nitrogens is 3. The lowest BCUT2D eigenvalue weighted by atomic mass is 9.91. The van der Waals surface area contributed by atoms with Gasteiger partial charge in [-0.05, 0) is 63.3 Å². The van der Waals surface area contributed by atoms with E-state index >= 15 is 0 Å². The molecule has 0 spiro atoms. The van der Waals surface area contributed by atoms with E-state index in [0.29, 0.717) is 0 Å². The van der Waals surface area contributed by atoms with E-state index in [1.807, 2.05) is 18.3 Å². The molecule has 0 saturated heterocycles. The van der Waals surface area contributed by atoms with Gasteiger partial charge in [0, 0.05) is 23.0 Å². The molecule has 2 aliphatic rings. The SMILES string of the molecule is CC1=NCC(C)=C1c1ccc(C2(c3nnc4c(C(C)(C)O)cccn34)CC2)cc1. The molecule has 1 aliphatic heterocycles. The number of nitrogens with zero attached hydrogens (tertiary/aromatic N) is 4. The highest BCUT2D eigenvalue weighted by molar-refractivity contribution is 6.25. The van der Waals surface area contributed by atoms with Crippen LogP contribution in [0.2, 0.25) is 0 Å². The molecule has 0 atom stereocenters. The minimum absolute atomic E-state index is 0.0988. The average Bonchev–Trinajstić information content (AvgIpc) is 3.26. The Kier molecular flexibility index (Phi) is 3.84. The monoisotopic (exact) mass is 386 g/mol. The van der Waals surface area contributed by atoms with Crippen molar-refractivity contribution in [2.75, 3.05) is 6.54 Å². The third-order valence-electron chi connectivity index (χ3n) is 6.34. The third kappa shape index (κ3) is 2.76. The second kappa shape index (κ2) is 6.10. The normalized spacial score (nSPS) is 18.4. The number of allylic oxidation sites excluding steroid dienone is 1. The van der Waals surface area contributed by atoms with Crippen LogP contribution in [0.1, 0.15) is 63.1 Å². The highest BCUT2D eigenvalue weighted by atomic mass is 16.3. The van der Waals surface area contributed by atoms with Gasteiger partial charge >= 0.3 is 0 Å². The van der Waals surface area contributed by atoms with E-state index in [2.05, 4.69) is 57.7 Å². The summed E-state index contributed by atoms with van der Waals surface area (Å²) in [4.78, 5) is 4.56. The number of hydrogen-bond donors (Lipinski definition) is 1. The fourth-order valence-corrected chi connectivity index (χ4v) is 4.60. The molecular weight excluding hydrogens is 360 g/mol. The zero-order chi connectivity index (χ0) is 20.4. The van der Waals surface area contributed by atoms with Crippen LogP contribution in [0.15, 0.2) is 53.2 Å². The second-order valence-corrected chi connectivity index (χ2v) is 8.91. The van der Waals surface area contributed by atoms with E-state index in [-0.39, 0.29) is 5.41 Å².